The average molecular weight is 177 g/mol. The van der Waals surface area contributed by atoms with Gasteiger partial charge >= 0.3 is 0 Å². The fraction of sp³-hybridized carbons (Fsp3) is 0.250. The van der Waals surface area contributed by atoms with E-state index in [1.807, 2.05) is 26.0 Å². The highest BCUT2D eigenvalue weighted by molar-refractivity contribution is 6.29. The standard InChI is InChI=1S/C8H10Cl2/c1-7(5-6-9)3-4-8(2)10/h3-6H,1-2H3/b6-5+,7-3-,8-4+. The van der Waals surface area contributed by atoms with Crippen LogP contribution in [-0.2, 0) is 0 Å². The van der Waals surface area contributed by atoms with Crippen LogP contribution in [0.4, 0.5) is 0 Å². The molecule has 2 heteroatoms. The summed E-state index contributed by atoms with van der Waals surface area (Å²) in [5.74, 6) is 0. The van der Waals surface area contributed by atoms with Crippen LogP contribution >= 0.6 is 23.2 Å². The van der Waals surface area contributed by atoms with Gasteiger partial charge in [0, 0.05) is 10.6 Å². The lowest BCUT2D eigenvalue weighted by molar-refractivity contribution is 1.52. The maximum absolute atomic E-state index is 5.58. The molecular weight excluding hydrogens is 167 g/mol. The van der Waals surface area contributed by atoms with Gasteiger partial charge in [0.05, 0.1) is 0 Å². The van der Waals surface area contributed by atoms with Crippen molar-refractivity contribution in [2.24, 2.45) is 0 Å². The summed E-state index contributed by atoms with van der Waals surface area (Å²) < 4.78 is 0. The molecular formula is C8H10Cl2. The number of hydrogen-bond acceptors (Lipinski definition) is 0. The van der Waals surface area contributed by atoms with Crippen molar-refractivity contribution in [2.75, 3.05) is 0 Å². The summed E-state index contributed by atoms with van der Waals surface area (Å²) in [5, 5.41) is 0.766. The molecule has 0 atom stereocenters. The van der Waals surface area contributed by atoms with Gasteiger partial charge in [0.25, 0.3) is 0 Å². The molecule has 0 N–H and O–H groups in total. The normalized spacial score (nSPS) is 14.8. The molecule has 0 aromatic carbocycles. The van der Waals surface area contributed by atoms with Crippen LogP contribution in [0.5, 0.6) is 0 Å². The Kier molecular flexibility index (Phi) is 5.46. The van der Waals surface area contributed by atoms with E-state index >= 15 is 0 Å². The summed E-state index contributed by atoms with van der Waals surface area (Å²) in [4.78, 5) is 0. The van der Waals surface area contributed by atoms with Gasteiger partial charge in [-0.15, -0.1) is 0 Å². The predicted octanol–water partition coefficient (Wildman–Crippen LogP) is 3.83. The summed E-state index contributed by atoms with van der Waals surface area (Å²) in [6, 6.07) is 0. The van der Waals surface area contributed by atoms with Gasteiger partial charge in [0.1, 0.15) is 0 Å². The van der Waals surface area contributed by atoms with E-state index in [2.05, 4.69) is 0 Å². The van der Waals surface area contributed by atoms with Gasteiger partial charge in [-0.25, -0.2) is 0 Å². The SMILES string of the molecule is CC(=C/C=C(\C)Cl)/C=C/Cl. The van der Waals surface area contributed by atoms with Gasteiger partial charge in [0.2, 0.25) is 0 Å². The minimum Gasteiger partial charge on any atom is -0.0929 e. The summed E-state index contributed by atoms with van der Waals surface area (Å²) >= 11 is 10.9. The van der Waals surface area contributed by atoms with Crippen LogP contribution in [0.2, 0.25) is 0 Å². The van der Waals surface area contributed by atoms with E-state index in [9.17, 15) is 0 Å². The van der Waals surface area contributed by atoms with Gasteiger partial charge in [0.15, 0.2) is 0 Å². The molecule has 0 bridgehead atoms. The molecule has 56 valence electrons. The lowest BCUT2D eigenvalue weighted by atomic mass is 10.3. The topological polar surface area (TPSA) is 0 Å². The average Bonchev–Trinajstić information content (AvgIpc) is 1.85. The van der Waals surface area contributed by atoms with Crippen molar-refractivity contribution < 1.29 is 0 Å². The first-order valence-electron chi connectivity index (χ1n) is 2.94. The van der Waals surface area contributed by atoms with Crippen LogP contribution in [-0.4, -0.2) is 0 Å². The zero-order valence-electron chi connectivity index (χ0n) is 6.07. The van der Waals surface area contributed by atoms with Crippen molar-refractivity contribution in [1.29, 1.82) is 0 Å². The molecule has 0 aliphatic carbocycles. The summed E-state index contributed by atoms with van der Waals surface area (Å²) in [6.45, 7) is 3.78. The predicted molar refractivity (Wildman–Crippen MR) is 48.4 cm³/mol. The summed E-state index contributed by atoms with van der Waals surface area (Å²) in [7, 11) is 0. The number of allylic oxidation sites excluding steroid dienone is 5. The van der Waals surface area contributed by atoms with Crippen LogP contribution < -0.4 is 0 Å². The Bertz CT molecular complexity index is 172. The largest absolute Gasteiger partial charge is 0.0929 e. The Morgan fingerprint density at radius 1 is 1.20 bits per heavy atom. The molecule has 10 heavy (non-hydrogen) atoms. The Hall–Kier alpha value is -0.200. The van der Waals surface area contributed by atoms with Crippen molar-refractivity contribution in [3.05, 3.63) is 34.4 Å². The first kappa shape index (κ1) is 9.80. The van der Waals surface area contributed by atoms with Gasteiger partial charge < -0.3 is 0 Å². The van der Waals surface area contributed by atoms with E-state index in [-0.39, 0.29) is 0 Å². The van der Waals surface area contributed by atoms with Crippen molar-refractivity contribution in [2.45, 2.75) is 13.8 Å². The fourth-order valence-corrected chi connectivity index (χ4v) is 0.663. The van der Waals surface area contributed by atoms with E-state index in [0.717, 1.165) is 10.6 Å². The van der Waals surface area contributed by atoms with E-state index in [4.69, 9.17) is 23.2 Å². The van der Waals surface area contributed by atoms with E-state index in [0.29, 0.717) is 0 Å². The summed E-state index contributed by atoms with van der Waals surface area (Å²) in [6.07, 6.45) is 5.53. The third-order valence-electron chi connectivity index (χ3n) is 0.902. The highest BCUT2D eigenvalue weighted by Crippen LogP contribution is 2.02. The Morgan fingerprint density at radius 2 is 1.80 bits per heavy atom. The van der Waals surface area contributed by atoms with Gasteiger partial charge in [-0.2, -0.15) is 0 Å². The highest BCUT2D eigenvalue weighted by Gasteiger charge is 1.78. The second-order valence-corrected chi connectivity index (χ2v) is 2.80. The van der Waals surface area contributed by atoms with E-state index in [1.165, 1.54) is 5.54 Å². The molecule has 0 nitrogen and oxygen atoms in total. The molecule has 0 spiro atoms. The van der Waals surface area contributed by atoms with Gasteiger partial charge in [-0.1, -0.05) is 34.9 Å². The van der Waals surface area contributed by atoms with E-state index < -0.39 is 0 Å². The third kappa shape index (κ3) is 5.93. The van der Waals surface area contributed by atoms with Gasteiger partial charge in [-0.05, 0) is 26.0 Å². The molecule has 0 aromatic heterocycles. The zero-order chi connectivity index (χ0) is 7.98. The molecule has 0 fully saturated rings. The lowest BCUT2D eigenvalue weighted by Gasteiger charge is -1.85. The quantitative estimate of drug-likeness (QED) is 0.562. The molecule has 0 saturated heterocycles. The number of halogens is 2. The van der Waals surface area contributed by atoms with Crippen LogP contribution in [0.3, 0.4) is 0 Å². The van der Waals surface area contributed by atoms with Crippen LogP contribution in [0, 0.1) is 0 Å². The van der Waals surface area contributed by atoms with Crippen molar-refractivity contribution >= 4 is 23.2 Å². The lowest BCUT2D eigenvalue weighted by Crippen LogP contribution is -1.64. The second-order valence-electron chi connectivity index (χ2n) is 1.96. The van der Waals surface area contributed by atoms with E-state index in [1.54, 1.807) is 6.08 Å². The fourth-order valence-electron chi connectivity index (χ4n) is 0.401. The van der Waals surface area contributed by atoms with Crippen LogP contribution in [0.15, 0.2) is 34.4 Å². The number of rotatable bonds is 2. The third-order valence-corrected chi connectivity index (χ3v) is 1.15. The van der Waals surface area contributed by atoms with Crippen LogP contribution in [0.25, 0.3) is 0 Å². The zero-order valence-corrected chi connectivity index (χ0v) is 7.58. The summed E-state index contributed by atoms with van der Waals surface area (Å²) in [5.41, 5.74) is 2.55. The van der Waals surface area contributed by atoms with Crippen molar-refractivity contribution in [3.63, 3.8) is 0 Å². The maximum atomic E-state index is 5.58. The highest BCUT2D eigenvalue weighted by atomic mass is 35.5. The Balaban J connectivity index is 4.05. The van der Waals surface area contributed by atoms with Crippen molar-refractivity contribution in [1.82, 2.24) is 0 Å². The van der Waals surface area contributed by atoms with Gasteiger partial charge in [-0.3, -0.25) is 0 Å². The Labute approximate surface area is 71.8 Å². The van der Waals surface area contributed by atoms with Crippen LogP contribution in [0.1, 0.15) is 13.8 Å². The molecule has 0 aliphatic heterocycles. The molecule has 0 rings (SSSR count). The molecule has 0 amide bonds. The minimum absolute atomic E-state index is 0.766. The molecule has 0 aliphatic rings. The molecule has 0 unspecified atom stereocenters. The molecule has 0 aromatic rings. The first-order valence-corrected chi connectivity index (χ1v) is 3.75. The monoisotopic (exact) mass is 176 g/mol. The van der Waals surface area contributed by atoms with Crippen molar-refractivity contribution in [3.8, 4) is 0 Å². The maximum Gasteiger partial charge on any atom is 0.0150 e. The Morgan fingerprint density at radius 3 is 2.20 bits per heavy atom. The second kappa shape index (κ2) is 5.57. The first-order chi connectivity index (χ1) is 4.66. The number of hydrogen-bond donors (Lipinski definition) is 0. The minimum atomic E-state index is 0.766. The molecule has 0 saturated carbocycles. The smallest absolute Gasteiger partial charge is 0.0150 e. The molecule has 0 radical (unpaired) electrons. The molecule has 0 heterocycles.